The van der Waals surface area contributed by atoms with Gasteiger partial charge in [-0.1, -0.05) is 42.8 Å². The Hall–Kier alpha value is -1.84. The summed E-state index contributed by atoms with van der Waals surface area (Å²) in [6, 6.07) is 16.1. The summed E-state index contributed by atoms with van der Waals surface area (Å²) in [6.07, 6.45) is 8.08. The lowest BCUT2D eigenvalue weighted by Gasteiger charge is -2.22. The maximum atomic E-state index is 9.36. The predicted molar refractivity (Wildman–Crippen MR) is 101 cm³/mol. The molecule has 1 aliphatic heterocycles. The Labute approximate surface area is 150 Å². The molecule has 1 fully saturated rings. The van der Waals surface area contributed by atoms with Crippen molar-refractivity contribution in [2.75, 3.05) is 13.2 Å². The first-order valence-electron chi connectivity index (χ1n) is 9.43. The van der Waals surface area contributed by atoms with Crippen LogP contribution in [0.1, 0.15) is 44.1 Å². The molecule has 25 heavy (non-hydrogen) atoms. The maximum Gasteiger partial charge on any atom is 0.157 e. The fourth-order valence-corrected chi connectivity index (χ4v) is 3.18. The predicted octanol–water partition coefficient (Wildman–Crippen LogP) is 5.32. The van der Waals surface area contributed by atoms with Crippen LogP contribution in [0.4, 0.5) is 0 Å². The summed E-state index contributed by atoms with van der Waals surface area (Å²) in [5.74, 6) is 0.305. The van der Waals surface area contributed by atoms with Gasteiger partial charge in [0.1, 0.15) is 5.75 Å². The van der Waals surface area contributed by atoms with Gasteiger partial charge in [-0.2, -0.15) is 0 Å². The van der Waals surface area contributed by atoms with Gasteiger partial charge in [0, 0.05) is 13.2 Å². The van der Waals surface area contributed by atoms with Crippen LogP contribution in [0.15, 0.2) is 48.5 Å². The van der Waals surface area contributed by atoms with E-state index in [4.69, 9.17) is 9.47 Å². The van der Waals surface area contributed by atoms with Gasteiger partial charge in [-0.05, 0) is 67.3 Å². The molecule has 0 saturated carbocycles. The van der Waals surface area contributed by atoms with Crippen molar-refractivity contribution < 1.29 is 14.6 Å². The van der Waals surface area contributed by atoms with E-state index in [-0.39, 0.29) is 6.29 Å². The quantitative estimate of drug-likeness (QED) is 0.661. The topological polar surface area (TPSA) is 38.7 Å². The van der Waals surface area contributed by atoms with Crippen LogP contribution in [0.3, 0.4) is 0 Å². The van der Waals surface area contributed by atoms with E-state index in [1.54, 1.807) is 12.1 Å². The summed E-state index contributed by atoms with van der Waals surface area (Å²) in [7, 11) is 0. The molecule has 134 valence electrons. The highest BCUT2D eigenvalue weighted by atomic mass is 16.7. The Balaban J connectivity index is 1.34. The van der Waals surface area contributed by atoms with Gasteiger partial charge < -0.3 is 14.6 Å². The summed E-state index contributed by atoms with van der Waals surface area (Å²) in [5.41, 5.74) is 3.69. The minimum absolute atomic E-state index is 0.0428. The summed E-state index contributed by atoms with van der Waals surface area (Å²) >= 11 is 0. The number of unbranched alkanes of at least 4 members (excludes halogenated alkanes) is 2. The molecule has 1 heterocycles. The normalized spacial score (nSPS) is 17.5. The summed E-state index contributed by atoms with van der Waals surface area (Å²) in [5, 5.41) is 9.36. The molecule has 1 saturated heterocycles. The van der Waals surface area contributed by atoms with Crippen molar-refractivity contribution in [1.82, 2.24) is 0 Å². The highest BCUT2D eigenvalue weighted by Crippen LogP contribution is 2.22. The van der Waals surface area contributed by atoms with Crippen LogP contribution in [0, 0.1) is 0 Å². The molecule has 2 aromatic rings. The lowest BCUT2D eigenvalue weighted by molar-refractivity contribution is -0.162. The van der Waals surface area contributed by atoms with Crippen LogP contribution >= 0.6 is 0 Å². The van der Waals surface area contributed by atoms with Crippen molar-refractivity contribution in [2.45, 2.75) is 51.2 Å². The molecule has 0 aromatic heterocycles. The van der Waals surface area contributed by atoms with E-state index in [0.29, 0.717) is 5.75 Å². The number of ether oxygens (including phenoxy) is 2. The van der Waals surface area contributed by atoms with E-state index in [1.165, 1.54) is 36.8 Å². The average Bonchev–Trinajstić information content (AvgIpc) is 2.67. The van der Waals surface area contributed by atoms with Gasteiger partial charge in [0.05, 0.1) is 0 Å². The number of hydrogen-bond acceptors (Lipinski definition) is 3. The van der Waals surface area contributed by atoms with E-state index < -0.39 is 0 Å². The second kappa shape index (κ2) is 9.59. The zero-order valence-corrected chi connectivity index (χ0v) is 14.8. The van der Waals surface area contributed by atoms with Gasteiger partial charge in [-0.3, -0.25) is 0 Å². The van der Waals surface area contributed by atoms with E-state index in [9.17, 15) is 5.11 Å². The number of phenolic OH excluding ortho intramolecular Hbond substituents is 1. The van der Waals surface area contributed by atoms with Crippen LogP contribution in [-0.4, -0.2) is 24.6 Å². The largest absolute Gasteiger partial charge is 0.508 e. The molecular weight excluding hydrogens is 312 g/mol. The van der Waals surface area contributed by atoms with Crippen molar-refractivity contribution in [3.05, 3.63) is 54.1 Å². The molecule has 3 heteroatoms. The standard InChI is InChI=1S/C22H28O3/c23-21-14-12-20(13-15-21)19-10-8-18(9-11-19)6-2-1-4-16-24-22-7-3-5-17-25-22/h8-15,22-23H,1-7,16-17H2. The number of aryl methyl sites for hydroxylation is 1. The fourth-order valence-electron chi connectivity index (χ4n) is 3.18. The molecule has 1 N–H and O–H groups in total. The first-order chi connectivity index (χ1) is 12.3. The Bertz CT molecular complexity index is 613. The fraction of sp³-hybridized carbons (Fsp3) is 0.455. The maximum absolute atomic E-state index is 9.36. The van der Waals surface area contributed by atoms with Gasteiger partial charge in [0.15, 0.2) is 6.29 Å². The highest BCUT2D eigenvalue weighted by molar-refractivity contribution is 5.64. The van der Waals surface area contributed by atoms with Gasteiger partial charge >= 0.3 is 0 Å². The Morgan fingerprint density at radius 2 is 1.60 bits per heavy atom. The minimum atomic E-state index is 0.0428. The molecule has 0 spiro atoms. The summed E-state index contributed by atoms with van der Waals surface area (Å²) < 4.78 is 11.3. The second-order valence-corrected chi connectivity index (χ2v) is 6.72. The van der Waals surface area contributed by atoms with E-state index in [1.807, 2.05) is 12.1 Å². The SMILES string of the molecule is Oc1ccc(-c2ccc(CCCCCOC3CCCCO3)cc2)cc1. The number of benzene rings is 2. The first-order valence-corrected chi connectivity index (χ1v) is 9.43. The number of aromatic hydroxyl groups is 1. The van der Waals surface area contributed by atoms with Gasteiger partial charge in [-0.15, -0.1) is 0 Å². The Kier molecular flexibility index (Phi) is 6.89. The van der Waals surface area contributed by atoms with Gasteiger partial charge in [0.25, 0.3) is 0 Å². The minimum Gasteiger partial charge on any atom is -0.508 e. The van der Waals surface area contributed by atoms with Crippen molar-refractivity contribution in [1.29, 1.82) is 0 Å². The molecule has 1 unspecified atom stereocenters. The third kappa shape index (κ3) is 5.87. The van der Waals surface area contributed by atoms with Crippen molar-refractivity contribution in [3.63, 3.8) is 0 Å². The molecule has 2 aromatic carbocycles. The molecule has 0 aliphatic carbocycles. The van der Waals surface area contributed by atoms with Crippen LogP contribution < -0.4 is 0 Å². The van der Waals surface area contributed by atoms with Crippen molar-refractivity contribution in [2.24, 2.45) is 0 Å². The molecule has 3 rings (SSSR count). The van der Waals surface area contributed by atoms with E-state index >= 15 is 0 Å². The molecular formula is C22H28O3. The summed E-state index contributed by atoms with van der Waals surface area (Å²) in [6.45, 7) is 1.66. The van der Waals surface area contributed by atoms with E-state index in [2.05, 4.69) is 24.3 Å². The average molecular weight is 340 g/mol. The lowest BCUT2D eigenvalue weighted by atomic mass is 10.0. The van der Waals surface area contributed by atoms with E-state index in [0.717, 1.165) is 38.0 Å². The smallest absolute Gasteiger partial charge is 0.157 e. The monoisotopic (exact) mass is 340 g/mol. The number of rotatable bonds is 8. The van der Waals surface area contributed by atoms with Gasteiger partial charge in [0.2, 0.25) is 0 Å². The third-order valence-corrected chi connectivity index (χ3v) is 4.71. The van der Waals surface area contributed by atoms with Crippen LogP contribution in [0.25, 0.3) is 11.1 Å². The van der Waals surface area contributed by atoms with Crippen LogP contribution in [0.5, 0.6) is 5.75 Å². The molecule has 0 bridgehead atoms. The number of phenols is 1. The Morgan fingerprint density at radius 1 is 0.880 bits per heavy atom. The Morgan fingerprint density at radius 3 is 2.28 bits per heavy atom. The zero-order chi connectivity index (χ0) is 17.3. The van der Waals surface area contributed by atoms with Gasteiger partial charge in [-0.25, -0.2) is 0 Å². The third-order valence-electron chi connectivity index (χ3n) is 4.71. The summed E-state index contributed by atoms with van der Waals surface area (Å²) in [4.78, 5) is 0. The molecule has 0 amide bonds. The molecule has 3 nitrogen and oxygen atoms in total. The van der Waals surface area contributed by atoms with Crippen LogP contribution in [0.2, 0.25) is 0 Å². The highest BCUT2D eigenvalue weighted by Gasteiger charge is 2.13. The molecule has 1 atom stereocenters. The first kappa shape index (κ1) is 18.0. The number of hydrogen-bond donors (Lipinski definition) is 1. The van der Waals surface area contributed by atoms with Crippen LogP contribution in [-0.2, 0) is 15.9 Å². The molecule has 0 radical (unpaired) electrons. The lowest BCUT2D eigenvalue weighted by Crippen LogP contribution is -2.22. The molecule has 1 aliphatic rings. The second-order valence-electron chi connectivity index (χ2n) is 6.72. The van der Waals surface area contributed by atoms with Crippen molar-refractivity contribution in [3.8, 4) is 16.9 Å². The zero-order valence-electron chi connectivity index (χ0n) is 14.8. The van der Waals surface area contributed by atoms with Crippen molar-refractivity contribution >= 4 is 0 Å².